The number of nitro groups is 1. The molecule has 3 N–H and O–H groups in total. The van der Waals surface area contributed by atoms with Gasteiger partial charge in [0.25, 0.3) is 11.6 Å². The van der Waals surface area contributed by atoms with Crippen molar-refractivity contribution >= 4 is 17.6 Å². The fraction of sp³-hybridized carbons (Fsp3) is 0.333. The normalized spacial score (nSPS) is 11.7. The molecule has 0 unspecified atom stereocenters. The van der Waals surface area contributed by atoms with Crippen molar-refractivity contribution in [3.63, 3.8) is 0 Å². The maximum Gasteiger partial charge on any atom is 0.326 e. The second kappa shape index (κ2) is 6.62. The van der Waals surface area contributed by atoms with Gasteiger partial charge in [-0.15, -0.1) is 0 Å². The molecule has 0 saturated carbocycles. The van der Waals surface area contributed by atoms with Crippen LogP contribution < -0.4 is 5.32 Å². The maximum atomic E-state index is 12.0. The number of carboxylic acids is 1. The number of aliphatic carboxylic acids is 1. The van der Waals surface area contributed by atoms with E-state index in [1.54, 1.807) is 0 Å². The Labute approximate surface area is 114 Å². The molecule has 0 aliphatic carbocycles. The Morgan fingerprint density at radius 1 is 1.45 bits per heavy atom. The predicted molar refractivity (Wildman–Crippen MR) is 68.4 cm³/mol. The Morgan fingerprint density at radius 3 is 2.60 bits per heavy atom. The SMILES string of the molecule is Cc1cccc(C(=O)N[C@H](CCO)C(=O)O)c1[N+](=O)[O-]. The summed E-state index contributed by atoms with van der Waals surface area (Å²) in [5, 5.41) is 30.7. The van der Waals surface area contributed by atoms with Gasteiger partial charge in [0, 0.05) is 18.6 Å². The van der Waals surface area contributed by atoms with Gasteiger partial charge in [-0.3, -0.25) is 14.9 Å². The van der Waals surface area contributed by atoms with Gasteiger partial charge in [-0.25, -0.2) is 4.79 Å². The molecule has 1 aromatic rings. The van der Waals surface area contributed by atoms with E-state index in [2.05, 4.69) is 5.32 Å². The number of nitrogens with zero attached hydrogens (tertiary/aromatic N) is 1. The van der Waals surface area contributed by atoms with E-state index in [-0.39, 0.29) is 17.7 Å². The average molecular weight is 282 g/mol. The lowest BCUT2D eigenvalue weighted by Crippen LogP contribution is -2.41. The van der Waals surface area contributed by atoms with Crippen LogP contribution in [-0.2, 0) is 4.79 Å². The third-order valence-electron chi connectivity index (χ3n) is 2.69. The largest absolute Gasteiger partial charge is 0.480 e. The van der Waals surface area contributed by atoms with Gasteiger partial charge in [-0.2, -0.15) is 0 Å². The average Bonchev–Trinajstić information content (AvgIpc) is 2.37. The first-order valence-electron chi connectivity index (χ1n) is 5.77. The lowest BCUT2D eigenvalue weighted by atomic mass is 10.1. The van der Waals surface area contributed by atoms with Crippen LogP contribution in [0.15, 0.2) is 18.2 Å². The highest BCUT2D eigenvalue weighted by molar-refractivity contribution is 6.00. The van der Waals surface area contributed by atoms with Crippen molar-refractivity contribution in [3.05, 3.63) is 39.4 Å². The van der Waals surface area contributed by atoms with Crippen LogP contribution in [0, 0.1) is 17.0 Å². The Kier molecular flexibility index (Phi) is 5.15. The number of nitro benzene ring substituents is 1. The molecule has 0 bridgehead atoms. The third-order valence-corrected chi connectivity index (χ3v) is 2.69. The first-order chi connectivity index (χ1) is 9.38. The second-order valence-corrected chi connectivity index (χ2v) is 4.10. The van der Waals surface area contributed by atoms with E-state index in [1.807, 2.05) is 0 Å². The van der Waals surface area contributed by atoms with Gasteiger partial charge in [0.15, 0.2) is 0 Å². The molecule has 1 atom stereocenters. The minimum atomic E-state index is -1.32. The molecule has 8 heteroatoms. The number of aliphatic hydroxyl groups excluding tert-OH is 1. The molecular weight excluding hydrogens is 268 g/mol. The number of rotatable bonds is 6. The van der Waals surface area contributed by atoms with Gasteiger partial charge in [-0.1, -0.05) is 12.1 Å². The first-order valence-corrected chi connectivity index (χ1v) is 5.77. The Morgan fingerprint density at radius 2 is 2.10 bits per heavy atom. The predicted octanol–water partition coefficient (Wildman–Crippen LogP) is 0.469. The molecule has 1 aromatic carbocycles. The van der Waals surface area contributed by atoms with Crippen LogP contribution in [0.2, 0.25) is 0 Å². The number of carbonyl (C=O) groups is 2. The zero-order valence-electron chi connectivity index (χ0n) is 10.7. The van der Waals surface area contributed by atoms with E-state index in [0.717, 1.165) is 0 Å². The van der Waals surface area contributed by atoms with Gasteiger partial charge < -0.3 is 15.5 Å². The zero-order valence-corrected chi connectivity index (χ0v) is 10.7. The number of carboxylic acid groups (broad SMARTS) is 1. The van der Waals surface area contributed by atoms with Crippen LogP contribution >= 0.6 is 0 Å². The number of nitrogens with one attached hydrogen (secondary N) is 1. The van der Waals surface area contributed by atoms with Crippen molar-refractivity contribution in [2.75, 3.05) is 6.61 Å². The molecule has 0 spiro atoms. The van der Waals surface area contributed by atoms with Crippen molar-refractivity contribution in [1.29, 1.82) is 0 Å². The fourth-order valence-corrected chi connectivity index (χ4v) is 1.71. The van der Waals surface area contributed by atoms with Crippen LogP contribution in [-0.4, -0.2) is 39.7 Å². The summed E-state index contributed by atoms with van der Waals surface area (Å²) in [6.07, 6.45) is -0.180. The van der Waals surface area contributed by atoms with E-state index in [0.29, 0.717) is 5.56 Å². The summed E-state index contributed by atoms with van der Waals surface area (Å²) in [6.45, 7) is 1.06. The lowest BCUT2D eigenvalue weighted by Gasteiger charge is -2.13. The van der Waals surface area contributed by atoms with Crippen molar-refractivity contribution in [1.82, 2.24) is 5.32 Å². The smallest absolute Gasteiger partial charge is 0.326 e. The topological polar surface area (TPSA) is 130 Å². The van der Waals surface area contributed by atoms with Gasteiger partial charge in [0.1, 0.15) is 11.6 Å². The molecule has 8 nitrogen and oxygen atoms in total. The third kappa shape index (κ3) is 3.51. The monoisotopic (exact) mass is 282 g/mol. The number of aliphatic hydroxyl groups is 1. The van der Waals surface area contributed by atoms with Crippen LogP contribution in [0.4, 0.5) is 5.69 Å². The number of hydrogen-bond donors (Lipinski definition) is 3. The van der Waals surface area contributed by atoms with Crippen molar-refractivity contribution in [2.24, 2.45) is 0 Å². The number of carbonyl (C=O) groups excluding carboxylic acids is 1. The van der Waals surface area contributed by atoms with Crippen molar-refractivity contribution < 1.29 is 24.7 Å². The summed E-state index contributed by atoms with van der Waals surface area (Å²) in [7, 11) is 0. The fourth-order valence-electron chi connectivity index (χ4n) is 1.71. The summed E-state index contributed by atoms with van der Waals surface area (Å²) in [4.78, 5) is 33.1. The first kappa shape index (κ1) is 15.6. The molecule has 0 radical (unpaired) electrons. The molecule has 20 heavy (non-hydrogen) atoms. The second-order valence-electron chi connectivity index (χ2n) is 4.10. The van der Waals surface area contributed by atoms with Crippen LogP contribution in [0.5, 0.6) is 0 Å². The Bertz CT molecular complexity index is 543. The minimum Gasteiger partial charge on any atom is -0.480 e. The molecule has 1 amide bonds. The molecule has 0 fully saturated rings. The molecule has 0 heterocycles. The number of hydrogen-bond acceptors (Lipinski definition) is 5. The molecule has 0 aliphatic heterocycles. The molecule has 0 aromatic heterocycles. The van der Waals surface area contributed by atoms with E-state index in [1.165, 1.54) is 25.1 Å². The summed E-state index contributed by atoms with van der Waals surface area (Å²) in [5.74, 6) is -2.18. The number of benzene rings is 1. The molecule has 1 rings (SSSR count). The van der Waals surface area contributed by atoms with E-state index in [9.17, 15) is 19.7 Å². The van der Waals surface area contributed by atoms with E-state index >= 15 is 0 Å². The van der Waals surface area contributed by atoms with Gasteiger partial charge in [0.2, 0.25) is 0 Å². The highest BCUT2D eigenvalue weighted by atomic mass is 16.6. The summed E-state index contributed by atoms with van der Waals surface area (Å²) in [5.41, 5.74) is -0.269. The highest BCUT2D eigenvalue weighted by Gasteiger charge is 2.26. The van der Waals surface area contributed by atoms with E-state index in [4.69, 9.17) is 10.2 Å². The summed E-state index contributed by atoms with van der Waals surface area (Å²) < 4.78 is 0. The lowest BCUT2D eigenvalue weighted by molar-refractivity contribution is -0.385. The molecule has 0 saturated heterocycles. The highest BCUT2D eigenvalue weighted by Crippen LogP contribution is 2.23. The van der Waals surface area contributed by atoms with Gasteiger partial charge in [-0.05, 0) is 13.0 Å². The molecular formula is C12H14N2O6. The Hall–Kier alpha value is -2.48. The van der Waals surface area contributed by atoms with Crippen LogP contribution in [0.3, 0.4) is 0 Å². The maximum absolute atomic E-state index is 12.0. The number of amides is 1. The quantitative estimate of drug-likeness (QED) is 0.513. The minimum absolute atomic E-state index is 0.180. The van der Waals surface area contributed by atoms with Crippen LogP contribution in [0.1, 0.15) is 22.3 Å². The van der Waals surface area contributed by atoms with Crippen molar-refractivity contribution in [2.45, 2.75) is 19.4 Å². The summed E-state index contributed by atoms with van der Waals surface area (Å²) in [6, 6.07) is 2.90. The Balaban J connectivity index is 3.06. The molecule has 0 aliphatic rings. The van der Waals surface area contributed by atoms with Crippen molar-refractivity contribution in [3.8, 4) is 0 Å². The standard InChI is InChI=1S/C12H14N2O6/c1-7-3-2-4-8(10(7)14(19)20)11(16)13-9(5-6-15)12(17)18/h2-4,9,15H,5-6H2,1H3,(H,13,16)(H,17,18)/t9-/m1/s1. The number of para-hydroxylation sites is 1. The van der Waals surface area contributed by atoms with E-state index < -0.39 is 29.4 Å². The van der Waals surface area contributed by atoms with Gasteiger partial charge >= 0.3 is 5.97 Å². The van der Waals surface area contributed by atoms with Crippen LogP contribution in [0.25, 0.3) is 0 Å². The zero-order chi connectivity index (χ0) is 15.3. The van der Waals surface area contributed by atoms with Gasteiger partial charge in [0.05, 0.1) is 4.92 Å². The molecule has 108 valence electrons. The number of aryl methyl sites for hydroxylation is 1. The summed E-state index contributed by atoms with van der Waals surface area (Å²) >= 11 is 0.